The minimum Gasteiger partial charge on any atom is -0.497 e. The molecule has 2 unspecified atom stereocenters. The molecule has 0 bridgehead atoms. The fraction of sp³-hybridized carbons (Fsp3) is 0.600. The van der Waals surface area contributed by atoms with Gasteiger partial charge in [-0.1, -0.05) is 0 Å². The zero-order chi connectivity index (χ0) is 14.4. The molecule has 1 N–H and O–H groups in total. The van der Waals surface area contributed by atoms with Gasteiger partial charge in [-0.2, -0.15) is 0 Å². The van der Waals surface area contributed by atoms with Crippen molar-refractivity contribution in [2.45, 2.75) is 19.1 Å². The highest BCUT2D eigenvalue weighted by molar-refractivity contribution is 5.31. The van der Waals surface area contributed by atoms with E-state index in [1.165, 1.54) is 0 Å². The van der Waals surface area contributed by atoms with E-state index in [0.29, 0.717) is 19.3 Å². The van der Waals surface area contributed by atoms with E-state index in [-0.39, 0.29) is 12.7 Å². The third kappa shape index (κ3) is 4.10. The summed E-state index contributed by atoms with van der Waals surface area (Å²) in [6.07, 6.45) is -0.0767. The third-order valence-electron chi connectivity index (χ3n) is 3.54. The van der Waals surface area contributed by atoms with Gasteiger partial charge < -0.3 is 19.3 Å². The van der Waals surface area contributed by atoms with E-state index < -0.39 is 0 Å². The number of rotatable bonds is 6. The lowest BCUT2D eigenvalue weighted by Gasteiger charge is -2.37. The van der Waals surface area contributed by atoms with Gasteiger partial charge in [-0.05, 0) is 31.2 Å². The fourth-order valence-corrected chi connectivity index (χ4v) is 2.25. The van der Waals surface area contributed by atoms with Gasteiger partial charge in [-0.25, -0.2) is 0 Å². The van der Waals surface area contributed by atoms with Gasteiger partial charge in [-0.15, -0.1) is 0 Å². The maximum atomic E-state index is 9.15. The first-order chi connectivity index (χ1) is 9.72. The quantitative estimate of drug-likeness (QED) is 0.848. The van der Waals surface area contributed by atoms with Crippen LogP contribution in [0.2, 0.25) is 0 Å². The summed E-state index contributed by atoms with van der Waals surface area (Å²) in [6.45, 7) is 5.06. The molecular formula is C15H23NO4. The molecule has 0 amide bonds. The summed E-state index contributed by atoms with van der Waals surface area (Å²) in [4.78, 5) is 2.29. The second-order valence-corrected chi connectivity index (χ2v) is 5.01. The molecule has 1 aliphatic rings. The Morgan fingerprint density at radius 3 is 2.65 bits per heavy atom. The van der Waals surface area contributed by atoms with Crippen LogP contribution in [0.5, 0.6) is 11.5 Å². The minimum atomic E-state index is -0.0767. The molecule has 1 saturated heterocycles. The Morgan fingerprint density at radius 2 is 2.00 bits per heavy atom. The first kappa shape index (κ1) is 15.1. The molecule has 5 nitrogen and oxygen atoms in total. The second kappa shape index (κ2) is 7.47. The standard InChI is InChI=1S/C15H23NO4/c1-12-11-20-15(10-17)9-16(12)7-8-19-14-5-3-13(18-2)4-6-14/h3-6,12,15,17H,7-11H2,1-2H3. The second-order valence-electron chi connectivity index (χ2n) is 5.01. The molecule has 2 atom stereocenters. The van der Waals surface area contributed by atoms with Gasteiger partial charge in [0.1, 0.15) is 18.1 Å². The fourth-order valence-electron chi connectivity index (χ4n) is 2.25. The summed E-state index contributed by atoms with van der Waals surface area (Å²) in [5.41, 5.74) is 0. The maximum Gasteiger partial charge on any atom is 0.119 e. The molecule has 112 valence electrons. The number of aliphatic hydroxyl groups excluding tert-OH is 1. The van der Waals surface area contributed by atoms with Crippen LogP contribution in [0.4, 0.5) is 0 Å². The van der Waals surface area contributed by atoms with Crippen LogP contribution in [0, 0.1) is 0 Å². The van der Waals surface area contributed by atoms with Crippen LogP contribution in [0.1, 0.15) is 6.92 Å². The number of aliphatic hydroxyl groups is 1. The summed E-state index contributed by atoms with van der Waals surface area (Å²) < 4.78 is 16.3. The Balaban J connectivity index is 1.76. The largest absolute Gasteiger partial charge is 0.497 e. The number of hydrogen-bond donors (Lipinski definition) is 1. The molecule has 20 heavy (non-hydrogen) atoms. The highest BCUT2D eigenvalue weighted by Crippen LogP contribution is 2.17. The van der Waals surface area contributed by atoms with E-state index in [1.54, 1.807) is 7.11 Å². The van der Waals surface area contributed by atoms with E-state index in [4.69, 9.17) is 19.3 Å². The van der Waals surface area contributed by atoms with Gasteiger partial charge in [0.15, 0.2) is 0 Å². The molecule has 1 aromatic carbocycles. The van der Waals surface area contributed by atoms with E-state index in [2.05, 4.69) is 11.8 Å². The van der Waals surface area contributed by atoms with E-state index in [1.807, 2.05) is 24.3 Å². The lowest BCUT2D eigenvalue weighted by atomic mass is 10.2. The van der Waals surface area contributed by atoms with Crippen LogP contribution >= 0.6 is 0 Å². The molecule has 1 fully saturated rings. The molecule has 0 aliphatic carbocycles. The Hall–Kier alpha value is -1.30. The smallest absolute Gasteiger partial charge is 0.119 e. The van der Waals surface area contributed by atoms with Crippen molar-refractivity contribution in [3.63, 3.8) is 0 Å². The molecular weight excluding hydrogens is 258 g/mol. The topological polar surface area (TPSA) is 51.2 Å². The number of ether oxygens (including phenoxy) is 3. The molecule has 1 aromatic rings. The van der Waals surface area contributed by atoms with Gasteiger partial charge in [0.25, 0.3) is 0 Å². The Labute approximate surface area is 120 Å². The normalized spacial score (nSPS) is 23.6. The number of nitrogens with zero attached hydrogens (tertiary/aromatic N) is 1. The van der Waals surface area contributed by atoms with Crippen LogP contribution in [-0.2, 0) is 4.74 Å². The molecule has 1 aliphatic heterocycles. The summed E-state index contributed by atoms with van der Waals surface area (Å²) in [5, 5.41) is 9.15. The van der Waals surface area contributed by atoms with E-state index >= 15 is 0 Å². The van der Waals surface area contributed by atoms with E-state index in [9.17, 15) is 0 Å². The third-order valence-corrected chi connectivity index (χ3v) is 3.54. The number of hydrogen-bond acceptors (Lipinski definition) is 5. The highest BCUT2D eigenvalue weighted by Gasteiger charge is 2.25. The van der Waals surface area contributed by atoms with E-state index in [0.717, 1.165) is 24.6 Å². The summed E-state index contributed by atoms with van der Waals surface area (Å²) in [5.74, 6) is 1.66. The molecule has 2 rings (SSSR count). The Morgan fingerprint density at radius 1 is 1.30 bits per heavy atom. The van der Waals surface area contributed by atoms with Gasteiger partial charge in [0.05, 0.1) is 26.4 Å². The zero-order valence-electron chi connectivity index (χ0n) is 12.1. The Bertz CT molecular complexity index is 395. The summed E-state index contributed by atoms with van der Waals surface area (Å²) >= 11 is 0. The SMILES string of the molecule is COc1ccc(OCCN2CC(CO)OCC2C)cc1. The predicted molar refractivity (Wildman–Crippen MR) is 76.3 cm³/mol. The first-order valence-corrected chi connectivity index (χ1v) is 6.96. The predicted octanol–water partition coefficient (Wildman–Crippen LogP) is 1.16. The number of morpholine rings is 1. The van der Waals surface area contributed by atoms with Gasteiger partial charge in [0.2, 0.25) is 0 Å². The van der Waals surface area contributed by atoms with Crippen molar-refractivity contribution < 1.29 is 19.3 Å². The van der Waals surface area contributed by atoms with Crippen molar-refractivity contribution in [2.75, 3.05) is 40.0 Å². The molecule has 1 heterocycles. The van der Waals surface area contributed by atoms with Gasteiger partial charge in [-0.3, -0.25) is 4.90 Å². The monoisotopic (exact) mass is 281 g/mol. The molecule has 0 spiro atoms. The van der Waals surface area contributed by atoms with Crippen LogP contribution in [0.25, 0.3) is 0 Å². The van der Waals surface area contributed by atoms with Crippen LogP contribution in [0.3, 0.4) is 0 Å². The van der Waals surface area contributed by atoms with Crippen molar-refractivity contribution >= 4 is 0 Å². The van der Waals surface area contributed by atoms with Crippen molar-refractivity contribution in [3.05, 3.63) is 24.3 Å². The van der Waals surface area contributed by atoms with Crippen molar-refractivity contribution in [2.24, 2.45) is 0 Å². The number of benzene rings is 1. The molecule has 0 radical (unpaired) electrons. The van der Waals surface area contributed by atoms with Crippen molar-refractivity contribution in [1.82, 2.24) is 4.90 Å². The van der Waals surface area contributed by atoms with Gasteiger partial charge in [0, 0.05) is 19.1 Å². The van der Waals surface area contributed by atoms with Gasteiger partial charge >= 0.3 is 0 Å². The minimum absolute atomic E-state index is 0.0720. The first-order valence-electron chi connectivity index (χ1n) is 6.96. The van der Waals surface area contributed by atoms with Crippen LogP contribution < -0.4 is 9.47 Å². The van der Waals surface area contributed by atoms with Crippen molar-refractivity contribution in [3.8, 4) is 11.5 Å². The zero-order valence-corrected chi connectivity index (χ0v) is 12.1. The van der Waals surface area contributed by atoms with Crippen LogP contribution in [-0.4, -0.2) is 62.2 Å². The van der Waals surface area contributed by atoms with Crippen LogP contribution in [0.15, 0.2) is 24.3 Å². The lowest BCUT2D eigenvalue weighted by Crippen LogP contribution is -2.50. The number of methoxy groups -OCH3 is 1. The summed E-state index contributed by atoms with van der Waals surface area (Å²) in [7, 11) is 1.65. The molecule has 5 heteroatoms. The lowest BCUT2D eigenvalue weighted by molar-refractivity contribution is -0.0798. The Kier molecular flexibility index (Phi) is 5.64. The average Bonchev–Trinajstić information content (AvgIpc) is 2.50. The molecule has 0 saturated carbocycles. The highest BCUT2D eigenvalue weighted by atomic mass is 16.5. The average molecular weight is 281 g/mol. The maximum absolute atomic E-state index is 9.15. The van der Waals surface area contributed by atoms with Crippen molar-refractivity contribution in [1.29, 1.82) is 0 Å². The summed E-state index contributed by atoms with van der Waals surface area (Å²) in [6, 6.07) is 7.93. The molecule has 0 aromatic heterocycles.